The molecule has 2 rings (SSSR count). The molecule has 0 heterocycles. The van der Waals surface area contributed by atoms with Crippen molar-refractivity contribution in [1.29, 1.82) is 0 Å². The van der Waals surface area contributed by atoms with Crippen molar-refractivity contribution in [1.82, 2.24) is 0 Å². The summed E-state index contributed by atoms with van der Waals surface area (Å²) in [6.07, 6.45) is 3.55. The lowest BCUT2D eigenvalue weighted by atomic mass is 10.2. The second kappa shape index (κ2) is 12.5. The Labute approximate surface area is 179 Å². The van der Waals surface area contributed by atoms with E-state index in [1.165, 1.54) is 0 Å². The molecule has 162 valence electrons. The maximum Gasteiger partial charge on any atom is 0.243 e. The summed E-state index contributed by atoms with van der Waals surface area (Å²) < 4.78 is 5.69. The number of benzene rings is 2. The summed E-state index contributed by atoms with van der Waals surface area (Å²) in [5, 5.41) is 8.86. The third kappa shape index (κ3) is 8.99. The number of hydrogen-bond donors (Lipinski definition) is 3. The highest BCUT2D eigenvalue weighted by Crippen LogP contribution is 2.19. The molecular weight excluding hydrogens is 378 g/mol. The van der Waals surface area contributed by atoms with Crippen LogP contribution in [0.4, 0.5) is 17.1 Å². The molecule has 2 amide bonds. The van der Waals surface area contributed by atoms with Gasteiger partial charge in [0, 0.05) is 29.5 Å². The molecule has 6 nitrogen and oxygen atoms in total. The van der Waals surface area contributed by atoms with Crippen LogP contribution in [0.1, 0.15) is 46.5 Å². The molecule has 2 aromatic carbocycles. The van der Waals surface area contributed by atoms with E-state index in [9.17, 15) is 9.59 Å². The van der Waals surface area contributed by atoms with Crippen molar-refractivity contribution in [2.45, 2.75) is 46.5 Å². The van der Waals surface area contributed by atoms with Crippen LogP contribution in [0.2, 0.25) is 0 Å². The molecule has 2 aromatic rings. The minimum absolute atomic E-state index is 0.0120. The average Bonchev–Trinajstić information content (AvgIpc) is 2.71. The van der Waals surface area contributed by atoms with E-state index in [0.29, 0.717) is 24.6 Å². The Bertz CT molecular complexity index is 821. The Hall–Kier alpha value is -3.02. The van der Waals surface area contributed by atoms with Crippen molar-refractivity contribution < 1.29 is 14.3 Å². The maximum absolute atomic E-state index is 12.3. The van der Waals surface area contributed by atoms with Gasteiger partial charge in [0.05, 0.1) is 13.2 Å². The molecule has 0 atom stereocenters. The van der Waals surface area contributed by atoms with Gasteiger partial charge in [-0.2, -0.15) is 0 Å². The van der Waals surface area contributed by atoms with E-state index in [2.05, 4.69) is 36.7 Å². The number of hydrogen-bond acceptors (Lipinski definition) is 4. The lowest BCUT2D eigenvalue weighted by Crippen LogP contribution is -2.21. The van der Waals surface area contributed by atoms with E-state index in [1.54, 1.807) is 0 Å². The molecule has 3 N–H and O–H groups in total. The number of ether oxygens (including phenoxy) is 1. The van der Waals surface area contributed by atoms with Gasteiger partial charge in [0.1, 0.15) is 5.75 Å². The highest BCUT2D eigenvalue weighted by Gasteiger charge is 2.06. The van der Waals surface area contributed by atoms with Gasteiger partial charge in [0.25, 0.3) is 0 Å². The predicted molar refractivity (Wildman–Crippen MR) is 123 cm³/mol. The van der Waals surface area contributed by atoms with Gasteiger partial charge in [-0.1, -0.05) is 45.7 Å². The molecular formula is C24H33N3O3. The van der Waals surface area contributed by atoms with Crippen LogP contribution in [0.15, 0.2) is 48.5 Å². The molecule has 0 aliphatic heterocycles. The van der Waals surface area contributed by atoms with Gasteiger partial charge in [0.2, 0.25) is 11.8 Å². The quantitative estimate of drug-likeness (QED) is 0.415. The molecule has 6 heteroatoms. The van der Waals surface area contributed by atoms with E-state index in [1.807, 2.05) is 48.5 Å². The summed E-state index contributed by atoms with van der Waals surface area (Å²) in [5.74, 6) is 1.02. The molecule has 0 fully saturated rings. The first-order chi connectivity index (χ1) is 14.5. The Morgan fingerprint density at radius 3 is 2.30 bits per heavy atom. The standard InChI is InChI=1S/C24H33N3O3/c1-4-5-6-13-23(28)26-20-10-7-9-19(14-20)25-16-24(29)27-21-11-8-12-22(15-21)30-17-18(2)3/h7-12,14-15,18,25H,4-6,13,16-17H2,1-3H3,(H,26,28)(H,27,29). The average molecular weight is 412 g/mol. The largest absolute Gasteiger partial charge is 0.493 e. The highest BCUT2D eigenvalue weighted by atomic mass is 16.5. The van der Waals surface area contributed by atoms with Gasteiger partial charge < -0.3 is 20.7 Å². The summed E-state index contributed by atoms with van der Waals surface area (Å²) in [5.41, 5.74) is 2.18. The van der Waals surface area contributed by atoms with Crippen molar-refractivity contribution in [2.24, 2.45) is 5.92 Å². The minimum Gasteiger partial charge on any atom is -0.493 e. The van der Waals surface area contributed by atoms with Crippen LogP contribution < -0.4 is 20.7 Å². The smallest absolute Gasteiger partial charge is 0.243 e. The zero-order chi connectivity index (χ0) is 21.8. The van der Waals surface area contributed by atoms with Crippen molar-refractivity contribution in [3.63, 3.8) is 0 Å². The zero-order valence-corrected chi connectivity index (χ0v) is 18.2. The Kier molecular flexibility index (Phi) is 9.71. The zero-order valence-electron chi connectivity index (χ0n) is 18.2. The lowest BCUT2D eigenvalue weighted by Gasteiger charge is -2.12. The Balaban J connectivity index is 1.82. The third-order valence-corrected chi connectivity index (χ3v) is 4.31. The molecule has 0 aliphatic carbocycles. The van der Waals surface area contributed by atoms with Crippen LogP contribution in [-0.2, 0) is 9.59 Å². The number of rotatable bonds is 12. The van der Waals surface area contributed by atoms with Crippen LogP contribution in [0.3, 0.4) is 0 Å². The van der Waals surface area contributed by atoms with Gasteiger partial charge in [0.15, 0.2) is 0 Å². The Morgan fingerprint density at radius 2 is 1.57 bits per heavy atom. The van der Waals surface area contributed by atoms with Gasteiger partial charge in [-0.15, -0.1) is 0 Å². The molecule has 0 saturated heterocycles. The summed E-state index contributed by atoms with van der Waals surface area (Å²) in [6.45, 7) is 7.03. The highest BCUT2D eigenvalue weighted by molar-refractivity contribution is 5.94. The first kappa shape index (κ1) is 23.3. The molecule has 0 radical (unpaired) electrons. The fraction of sp³-hybridized carbons (Fsp3) is 0.417. The van der Waals surface area contributed by atoms with E-state index in [0.717, 1.165) is 36.4 Å². The Morgan fingerprint density at radius 1 is 0.900 bits per heavy atom. The number of amides is 2. The van der Waals surface area contributed by atoms with Crippen LogP contribution in [-0.4, -0.2) is 25.0 Å². The van der Waals surface area contributed by atoms with Gasteiger partial charge in [-0.3, -0.25) is 9.59 Å². The fourth-order valence-electron chi connectivity index (χ4n) is 2.78. The van der Waals surface area contributed by atoms with Crippen LogP contribution >= 0.6 is 0 Å². The number of carbonyl (C=O) groups is 2. The molecule has 0 bridgehead atoms. The van der Waals surface area contributed by atoms with E-state index in [4.69, 9.17) is 4.74 Å². The van der Waals surface area contributed by atoms with Crippen molar-refractivity contribution in [3.8, 4) is 5.75 Å². The molecule has 30 heavy (non-hydrogen) atoms. The molecule has 0 saturated carbocycles. The predicted octanol–water partition coefficient (Wildman–Crippen LogP) is 5.29. The molecule has 0 spiro atoms. The maximum atomic E-state index is 12.3. The normalized spacial score (nSPS) is 10.5. The summed E-state index contributed by atoms with van der Waals surface area (Å²) in [4.78, 5) is 24.3. The summed E-state index contributed by atoms with van der Waals surface area (Å²) in [7, 11) is 0. The summed E-state index contributed by atoms with van der Waals surface area (Å²) >= 11 is 0. The SMILES string of the molecule is CCCCCC(=O)Nc1cccc(NCC(=O)Nc2cccc(OCC(C)C)c2)c1. The van der Waals surface area contributed by atoms with Crippen LogP contribution in [0, 0.1) is 5.92 Å². The van der Waals surface area contributed by atoms with Crippen molar-refractivity contribution in [3.05, 3.63) is 48.5 Å². The third-order valence-electron chi connectivity index (χ3n) is 4.31. The van der Waals surface area contributed by atoms with Crippen molar-refractivity contribution in [2.75, 3.05) is 29.1 Å². The number of carbonyl (C=O) groups excluding carboxylic acids is 2. The second-order valence-corrected chi connectivity index (χ2v) is 7.72. The van der Waals surface area contributed by atoms with E-state index >= 15 is 0 Å². The van der Waals surface area contributed by atoms with Crippen LogP contribution in [0.25, 0.3) is 0 Å². The summed E-state index contributed by atoms with van der Waals surface area (Å²) in [6, 6.07) is 14.7. The topological polar surface area (TPSA) is 79.5 Å². The number of nitrogens with one attached hydrogen (secondary N) is 3. The van der Waals surface area contributed by atoms with Crippen LogP contribution in [0.5, 0.6) is 5.75 Å². The van der Waals surface area contributed by atoms with Gasteiger partial charge in [-0.25, -0.2) is 0 Å². The number of anilines is 3. The van der Waals surface area contributed by atoms with E-state index < -0.39 is 0 Å². The molecule has 0 unspecified atom stereocenters. The van der Waals surface area contributed by atoms with Gasteiger partial charge >= 0.3 is 0 Å². The first-order valence-corrected chi connectivity index (χ1v) is 10.6. The van der Waals surface area contributed by atoms with E-state index in [-0.39, 0.29) is 18.4 Å². The molecule has 0 aromatic heterocycles. The minimum atomic E-state index is -0.162. The first-order valence-electron chi connectivity index (χ1n) is 10.6. The fourth-order valence-corrected chi connectivity index (χ4v) is 2.78. The lowest BCUT2D eigenvalue weighted by molar-refractivity contribution is -0.116. The van der Waals surface area contributed by atoms with Crippen molar-refractivity contribution >= 4 is 28.9 Å². The second-order valence-electron chi connectivity index (χ2n) is 7.72. The van der Waals surface area contributed by atoms with Gasteiger partial charge in [-0.05, 0) is 42.7 Å². The monoisotopic (exact) mass is 411 g/mol. The molecule has 0 aliphatic rings. The number of unbranched alkanes of at least 4 members (excludes halogenated alkanes) is 2.